The second-order valence-electron chi connectivity index (χ2n) is 3.81. The van der Waals surface area contributed by atoms with Crippen molar-refractivity contribution in [3.05, 3.63) is 24.3 Å². The van der Waals surface area contributed by atoms with Crippen LogP contribution in [0.1, 0.15) is 19.0 Å². The van der Waals surface area contributed by atoms with Gasteiger partial charge in [0.15, 0.2) is 0 Å². The van der Waals surface area contributed by atoms with Gasteiger partial charge in [-0.1, -0.05) is 0 Å². The molecule has 17 heavy (non-hydrogen) atoms. The van der Waals surface area contributed by atoms with Crippen LogP contribution in [-0.4, -0.2) is 39.3 Å². The molecule has 1 N–H and O–H groups in total. The van der Waals surface area contributed by atoms with E-state index in [1.54, 1.807) is 19.2 Å². The van der Waals surface area contributed by atoms with E-state index in [0.29, 0.717) is 13.1 Å². The molecule has 1 aromatic rings. The number of nitrogens with zero attached hydrogens (tertiary/aromatic N) is 3. The van der Waals surface area contributed by atoms with E-state index in [9.17, 15) is 9.59 Å². The first-order valence-corrected chi connectivity index (χ1v) is 5.55. The largest absolute Gasteiger partial charge is 0.300 e. The molecule has 2 heterocycles. The van der Waals surface area contributed by atoms with Crippen LogP contribution in [0, 0.1) is 0 Å². The fourth-order valence-corrected chi connectivity index (χ4v) is 1.83. The van der Waals surface area contributed by atoms with Gasteiger partial charge in [-0.05, 0) is 13.0 Å². The van der Waals surface area contributed by atoms with Gasteiger partial charge in [0, 0.05) is 19.3 Å². The third-order valence-corrected chi connectivity index (χ3v) is 2.73. The fourth-order valence-electron chi connectivity index (χ4n) is 1.83. The molecule has 1 atom stereocenters. The Bertz CT molecular complexity index is 421. The Kier molecular flexibility index (Phi) is 3.43. The Morgan fingerprint density at radius 2 is 2.35 bits per heavy atom. The van der Waals surface area contributed by atoms with Gasteiger partial charge in [-0.15, -0.1) is 0 Å². The van der Waals surface area contributed by atoms with Crippen LogP contribution >= 0.6 is 0 Å². The van der Waals surface area contributed by atoms with Gasteiger partial charge in [-0.3, -0.25) is 19.8 Å². The lowest BCUT2D eigenvalue weighted by Crippen LogP contribution is -2.38. The Morgan fingerprint density at radius 3 is 2.94 bits per heavy atom. The fraction of sp³-hybridized carbons (Fsp3) is 0.455. The van der Waals surface area contributed by atoms with Crippen molar-refractivity contribution in [1.82, 2.24) is 20.2 Å². The number of hydrogen-bond donors (Lipinski definition) is 1. The highest BCUT2D eigenvalue weighted by atomic mass is 16.2. The monoisotopic (exact) mass is 234 g/mol. The number of amides is 2. The molecule has 1 saturated heterocycles. The summed E-state index contributed by atoms with van der Waals surface area (Å²) in [5.74, 6) is -0.260. The maximum absolute atomic E-state index is 11.8. The second-order valence-corrected chi connectivity index (χ2v) is 3.81. The number of likely N-dealkylation sites (N-methyl/N-ethyl adjacent to an activating group) is 1. The first-order chi connectivity index (χ1) is 8.22. The van der Waals surface area contributed by atoms with Crippen molar-refractivity contribution in [3.63, 3.8) is 0 Å². The Labute approximate surface area is 99.1 Å². The van der Waals surface area contributed by atoms with Crippen LogP contribution in [0.15, 0.2) is 18.6 Å². The number of nitrogens with one attached hydrogen (secondary N) is 1. The number of likely N-dealkylation sites (tertiary alicyclic amines) is 1. The first-order valence-electron chi connectivity index (χ1n) is 5.55. The Hall–Kier alpha value is -1.82. The zero-order valence-electron chi connectivity index (χ0n) is 9.59. The van der Waals surface area contributed by atoms with Crippen molar-refractivity contribution >= 4 is 11.8 Å². The van der Waals surface area contributed by atoms with Crippen LogP contribution in [0.5, 0.6) is 0 Å². The third kappa shape index (κ3) is 2.47. The maximum atomic E-state index is 11.8. The summed E-state index contributed by atoms with van der Waals surface area (Å²) in [6.45, 7) is 2.69. The summed E-state index contributed by atoms with van der Waals surface area (Å²) in [6.07, 6.45) is 3.33. The van der Waals surface area contributed by atoms with E-state index in [1.165, 1.54) is 11.2 Å². The van der Waals surface area contributed by atoms with Crippen LogP contribution in [0.4, 0.5) is 0 Å². The second kappa shape index (κ2) is 5.01. The Morgan fingerprint density at radius 1 is 1.53 bits per heavy atom. The van der Waals surface area contributed by atoms with Gasteiger partial charge >= 0.3 is 0 Å². The average molecular weight is 234 g/mol. The molecule has 1 unspecified atom stereocenters. The minimum Gasteiger partial charge on any atom is -0.300 e. The van der Waals surface area contributed by atoms with Gasteiger partial charge in [0.2, 0.25) is 11.8 Å². The molecule has 6 heteroatoms. The summed E-state index contributed by atoms with van der Waals surface area (Å²) in [5.41, 5.74) is 0.801. The SMILES string of the molecule is CCN1C(=O)CC(NCc2ccncn2)C1=O. The van der Waals surface area contributed by atoms with Crippen LogP contribution in [0.3, 0.4) is 0 Å². The molecule has 0 aromatic carbocycles. The van der Waals surface area contributed by atoms with Crippen LogP contribution in [-0.2, 0) is 16.1 Å². The molecule has 1 aliphatic heterocycles. The van der Waals surface area contributed by atoms with Crippen LogP contribution in [0.25, 0.3) is 0 Å². The molecule has 0 bridgehead atoms. The zero-order valence-corrected chi connectivity index (χ0v) is 9.59. The predicted octanol–water partition coefficient (Wildman–Crippen LogP) is -0.286. The number of carbonyl (C=O) groups is 2. The summed E-state index contributed by atoms with van der Waals surface area (Å²) in [6, 6.07) is 1.35. The molecular weight excluding hydrogens is 220 g/mol. The summed E-state index contributed by atoms with van der Waals surface area (Å²) in [4.78, 5) is 32.4. The molecule has 0 radical (unpaired) electrons. The van der Waals surface area contributed by atoms with Crippen molar-refractivity contribution < 1.29 is 9.59 Å². The van der Waals surface area contributed by atoms with Crippen LogP contribution in [0.2, 0.25) is 0 Å². The molecule has 0 saturated carbocycles. The lowest BCUT2D eigenvalue weighted by atomic mass is 10.2. The quantitative estimate of drug-likeness (QED) is 0.725. The van der Waals surface area contributed by atoms with Crippen molar-refractivity contribution in [2.75, 3.05) is 6.54 Å². The summed E-state index contributed by atoms with van der Waals surface area (Å²) >= 11 is 0. The van der Waals surface area contributed by atoms with Gasteiger partial charge in [0.1, 0.15) is 6.33 Å². The lowest BCUT2D eigenvalue weighted by Gasteiger charge is -2.12. The van der Waals surface area contributed by atoms with Crippen LogP contribution < -0.4 is 5.32 Å². The van der Waals surface area contributed by atoms with Gasteiger partial charge < -0.3 is 0 Å². The third-order valence-electron chi connectivity index (χ3n) is 2.73. The molecule has 6 nitrogen and oxygen atoms in total. The number of imide groups is 1. The van der Waals surface area contributed by atoms with E-state index in [0.717, 1.165) is 5.69 Å². The van der Waals surface area contributed by atoms with Gasteiger partial charge in [-0.25, -0.2) is 9.97 Å². The molecule has 0 spiro atoms. The standard InChI is InChI=1S/C11H14N4O2/c1-2-15-10(16)5-9(11(15)17)13-6-8-3-4-12-7-14-8/h3-4,7,9,13H,2,5-6H2,1H3. The topological polar surface area (TPSA) is 75.2 Å². The minimum atomic E-state index is -0.419. The molecule has 1 aliphatic rings. The van der Waals surface area contributed by atoms with E-state index in [1.807, 2.05) is 0 Å². The van der Waals surface area contributed by atoms with Crippen molar-refractivity contribution in [3.8, 4) is 0 Å². The van der Waals surface area contributed by atoms with E-state index < -0.39 is 6.04 Å². The lowest BCUT2D eigenvalue weighted by molar-refractivity contribution is -0.138. The van der Waals surface area contributed by atoms with E-state index in [2.05, 4.69) is 15.3 Å². The normalized spacial score (nSPS) is 20.1. The van der Waals surface area contributed by atoms with Crippen molar-refractivity contribution in [1.29, 1.82) is 0 Å². The number of carbonyl (C=O) groups excluding carboxylic acids is 2. The number of hydrogen-bond acceptors (Lipinski definition) is 5. The minimum absolute atomic E-state index is 0.113. The Balaban J connectivity index is 1.93. The van der Waals surface area contributed by atoms with Gasteiger partial charge in [-0.2, -0.15) is 0 Å². The molecule has 2 amide bonds. The van der Waals surface area contributed by atoms with Gasteiger partial charge in [0.05, 0.1) is 18.2 Å². The van der Waals surface area contributed by atoms with E-state index in [-0.39, 0.29) is 18.2 Å². The smallest absolute Gasteiger partial charge is 0.246 e. The maximum Gasteiger partial charge on any atom is 0.246 e. The molecule has 0 aliphatic carbocycles. The molecule has 2 rings (SSSR count). The summed E-state index contributed by atoms with van der Waals surface area (Å²) < 4.78 is 0. The van der Waals surface area contributed by atoms with E-state index in [4.69, 9.17) is 0 Å². The highest BCUT2D eigenvalue weighted by molar-refractivity contribution is 6.05. The molecule has 90 valence electrons. The van der Waals surface area contributed by atoms with Crippen molar-refractivity contribution in [2.24, 2.45) is 0 Å². The number of rotatable bonds is 4. The van der Waals surface area contributed by atoms with Crippen molar-refractivity contribution in [2.45, 2.75) is 25.9 Å². The summed E-state index contributed by atoms with van der Waals surface area (Å²) in [7, 11) is 0. The highest BCUT2D eigenvalue weighted by Crippen LogP contribution is 2.12. The zero-order chi connectivity index (χ0) is 12.3. The van der Waals surface area contributed by atoms with Gasteiger partial charge in [0.25, 0.3) is 0 Å². The molecule has 1 fully saturated rings. The first kappa shape index (κ1) is 11.7. The average Bonchev–Trinajstić information content (AvgIpc) is 2.63. The number of aromatic nitrogens is 2. The molecule has 1 aromatic heterocycles. The predicted molar refractivity (Wildman–Crippen MR) is 59.7 cm³/mol. The van der Waals surface area contributed by atoms with E-state index >= 15 is 0 Å². The molecular formula is C11H14N4O2. The highest BCUT2D eigenvalue weighted by Gasteiger charge is 2.36. The summed E-state index contributed by atoms with van der Waals surface area (Å²) in [5, 5.41) is 3.04.